The predicted octanol–water partition coefficient (Wildman–Crippen LogP) is -0.0718. The Morgan fingerprint density at radius 2 is 1.83 bits per heavy atom. The molecule has 7 unspecified atom stereocenters. The molecule has 1 aromatic carbocycles. The molecule has 1 aliphatic heterocycles. The van der Waals surface area contributed by atoms with Crippen LogP contribution < -0.4 is 20.7 Å². The van der Waals surface area contributed by atoms with E-state index in [1.54, 1.807) is 6.92 Å². The van der Waals surface area contributed by atoms with Gasteiger partial charge < -0.3 is 31.1 Å². The fraction of sp³-hybridized carbons (Fsp3) is 0.600. The van der Waals surface area contributed by atoms with Gasteiger partial charge in [0, 0.05) is 24.1 Å². The van der Waals surface area contributed by atoms with Crippen LogP contribution in [-0.2, 0) is 30.4 Å². The lowest BCUT2D eigenvalue weighted by molar-refractivity contribution is -0.275. The fourth-order valence-electron chi connectivity index (χ4n) is 7.42. The summed E-state index contributed by atoms with van der Waals surface area (Å²) in [6.45, 7) is 3.63. The Bertz CT molecular complexity index is 1550. The molecule has 3 fully saturated rings. The van der Waals surface area contributed by atoms with Crippen molar-refractivity contribution in [1.82, 2.24) is 10.2 Å². The third-order valence-electron chi connectivity index (χ3n) is 9.54. The maximum absolute atomic E-state index is 14.1. The zero-order valence-corrected chi connectivity index (χ0v) is 25.5. The number of aliphatic hydroxyl groups excluding tert-OH is 1. The molecule has 2 amide bonds. The van der Waals surface area contributed by atoms with Crippen LogP contribution in [0, 0.1) is 23.7 Å². The molecule has 17 heteroatoms. The number of phenols is 1. The van der Waals surface area contributed by atoms with Gasteiger partial charge in [0.1, 0.15) is 5.75 Å². The number of rotatable bonds is 9. The Kier molecular flexibility index (Phi) is 8.98. The standard InChI is InChI=1S/C30H35F3N4O10/c1-3-5-7-36-11-17(38)37(28(36)45)15-10-16(47-30(31,32)33)13-8-12-9-14-21(35-6-4-2)24(41)20(27(34)44)26(43)29(14,46)25(42)18(12)23(40)19(13)22(15)39/h10,12,14,18,20-21,28,35,39,45-46H,3-9,11H2,1-2H3,(H2,34,44). The van der Waals surface area contributed by atoms with E-state index in [-0.39, 0.29) is 19.6 Å². The van der Waals surface area contributed by atoms with Crippen molar-refractivity contribution in [3.8, 4) is 11.5 Å². The lowest BCUT2D eigenvalue weighted by Crippen LogP contribution is -2.74. The van der Waals surface area contributed by atoms with Gasteiger partial charge in [0.2, 0.25) is 11.8 Å². The van der Waals surface area contributed by atoms with Gasteiger partial charge >= 0.3 is 6.36 Å². The summed E-state index contributed by atoms with van der Waals surface area (Å²) in [5.41, 5.74) is 0.295. The molecule has 2 saturated carbocycles. The largest absolute Gasteiger partial charge is 0.573 e. The van der Waals surface area contributed by atoms with E-state index in [0.29, 0.717) is 30.2 Å². The highest BCUT2D eigenvalue weighted by Gasteiger charge is 2.69. The highest BCUT2D eigenvalue weighted by atomic mass is 19.4. The van der Waals surface area contributed by atoms with Gasteiger partial charge in [0.15, 0.2) is 46.8 Å². The first-order valence-corrected chi connectivity index (χ1v) is 15.3. The first-order chi connectivity index (χ1) is 22.0. The van der Waals surface area contributed by atoms with E-state index in [2.05, 4.69) is 10.1 Å². The number of aromatic hydroxyl groups is 1. The minimum atomic E-state index is -5.31. The average molecular weight is 669 g/mol. The van der Waals surface area contributed by atoms with Crippen molar-refractivity contribution in [1.29, 1.82) is 0 Å². The average Bonchev–Trinajstić information content (AvgIpc) is 3.26. The number of alkyl halides is 3. The number of carbonyl (C=O) groups excluding carboxylic acids is 6. The monoisotopic (exact) mass is 668 g/mol. The maximum Gasteiger partial charge on any atom is 0.573 e. The summed E-state index contributed by atoms with van der Waals surface area (Å²) in [6.07, 6.45) is -6.24. The number of Topliss-reactive ketones (excluding diaryl/α,β-unsaturated/α-hetero) is 4. The fourth-order valence-corrected chi connectivity index (χ4v) is 7.42. The number of benzene rings is 1. The van der Waals surface area contributed by atoms with Crippen molar-refractivity contribution >= 4 is 40.6 Å². The normalized spacial score (nSPS) is 31.1. The zero-order valence-electron chi connectivity index (χ0n) is 25.5. The van der Waals surface area contributed by atoms with E-state index in [4.69, 9.17) is 5.73 Å². The predicted molar refractivity (Wildman–Crippen MR) is 153 cm³/mol. The van der Waals surface area contributed by atoms with Crippen molar-refractivity contribution < 1.29 is 62.0 Å². The van der Waals surface area contributed by atoms with Gasteiger partial charge in [-0.3, -0.25) is 38.6 Å². The van der Waals surface area contributed by atoms with E-state index in [0.717, 1.165) is 0 Å². The number of hydrogen-bond donors (Lipinski definition) is 5. The molecule has 1 heterocycles. The second kappa shape index (κ2) is 12.3. The Hall–Kier alpha value is -3.93. The number of primary amides is 1. The van der Waals surface area contributed by atoms with E-state index >= 15 is 0 Å². The summed E-state index contributed by atoms with van der Waals surface area (Å²) in [5.74, 6) is -16.2. The number of carbonyl (C=O) groups is 6. The van der Waals surface area contributed by atoms with E-state index in [1.165, 1.54) is 4.90 Å². The summed E-state index contributed by atoms with van der Waals surface area (Å²) in [4.78, 5) is 82.0. The zero-order chi connectivity index (χ0) is 34.7. The van der Waals surface area contributed by atoms with Crippen LogP contribution in [0.2, 0.25) is 0 Å². The first-order valence-electron chi connectivity index (χ1n) is 15.3. The Morgan fingerprint density at radius 3 is 2.43 bits per heavy atom. The molecule has 0 radical (unpaired) electrons. The molecule has 0 spiro atoms. The highest BCUT2D eigenvalue weighted by Crippen LogP contribution is 2.53. The van der Waals surface area contributed by atoms with Crippen LogP contribution in [0.25, 0.3) is 0 Å². The number of unbranched alkanes of at least 4 members (excludes halogenated alkanes) is 1. The van der Waals surface area contributed by atoms with Crippen LogP contribution >= 0.6 is 0 Å². The van der Waals surface area contributed by atoms with Crippen LogP contribution in [0.4, 0.5) is 18.9 Å². The second-order valence-electron chi connectivity index (χ2n) is 12.4. The number of anilines is 1. The number of ketones is 4. The summed E-state index contributed by atoms with van der Waals surface area (Å²) >= 11 is 0. The molecule has 0 aromatic heterocycles. The van der Waals surface area contributed by atoms with E-state index < -0.39 is 124 Å². The van der Waals surface area contributed by atoms with Crippen molar-refractivity contribution in [3.63, 3.8) is 0 Å². The SMILES string of the molecule is CCCCN1CC(=O)N(c2cc(OC(F)(F)F)c3c(c2O)C(=O)C2C(=O)C4(O)C(=O)C(C(N)=O)C(=O)C(NCCC)C4CC2C3)C1O. The number of ether oxygens (including phenoxy) is 1. The molecule has 1 aromatic rings. The van der Waals surface area contributed by atoms with Gasteiger partial charge in [-0.15, -0.1) is 13.2 Å². The van der Waals surface area contributed by atoms with Gasteiger partial charge in [-0.05, 0) is 38.1 Å². The number of hydrogen-bond acceptors (Lipinski definition) is 12. The quantitative estimate of drug-likeness (QED) is 0.219. The van der Waals surface area contributed by atoms with Crippen molar-refractivity contribution in [3.05, 3.63) is 17.2 Å². The lowest BCUT2D eigenvalue weighted by atomic mass is 9.52. The van der Waals surface area contributed by atoms with Gasteiger partial charge in [0.05, 0.1) is 29.8 Å². The third kappa shape index (κ3) is 5.48. The molecule has 3 aliphatic carbocycles. The topological polar surface area (TPSA) is 217 Å². The lowest BCUT2D eigenvalue weighted by Gasteiger charge is -2.51. The summed E-state index contributed by atoms with van der Waals surface area (Å²) < 4.78 is 45.3. The summed E-state index contributed by atoms with van der Waals surface area (Å²) in [7, 11) is 0. The number of fused-ring (bicyclic) bond motifs is 3. The Morgan fingerprint density at radius 1 is 1.15 bits per heavy atom. The Labute approximate surface area is 266 Å². The number of nitrogens with two attached hydrogens (primary N) is 1. The maximum atomic E-state index is 14.1. The number of nitrogens with one attached hydrogen (secondary N) is 1. The minimum absolute atomic E-state index is 0.157. The molecule has 4 aliphatic rings. The van der Waals surface area contributed by atoms with Crippen LogP contribution in [0.1, 0.15) is 55.5 Å². The van der Waals surface area contributed by atoms with Crippen LogP contribution in [0.15, 0.2) is 6.07 Å². The Balaban J connectivity index is 1.64. The summed E-state index contributed by atoms with van der Waals surface area (Å²) in [6, 6.07) is -0.756. The molecule has 14 nitrogen and oxygen atoms in total. The minimum Gasteiger partial charge on any atom is -0.505 e. The van der Waals surface area contributed by atoms with Crippen molar-refractivity contribution in [2.75, 3.05) is 24.5 Å². The van der Waals surface area contributed by atoms with Crippen LogP contribution in [0.5, 0.6) is 11.5 Å². The first kappa shape index (κ1) is 34.4. The van der Waals surface area contributed by atoms with Crippen LogP contribution in [-0.4, -0.2) is 99.2 Å². The van der Waals surface area contributed by atoms with E-state index in [9.17, 15) is 57.3 Å². The van der Waals surface area contributed by atoms with Gasteiger partial charge in [-0.1, -0.05) is 20.3 Å². The molecule has 6 N–H and O–H groups in total. The molecular formula is C30H35F3N4O10. The number of nitrogens with zero attached hydrogens (tertiary/aromatic N) is 2. The molecule has 7 atom stereocenters. The van der Waals surface area contributed by atoms with Crippen LogP contribution in [0.3, 0.4) is 0 Å². The molecule has 0 bridgehead atoms. The summed E-state index contributed by atoms with van der Waals surface area (Å²) in [5, 5.41) is 36.8. The molecule has 256 valence electrons. The van der Waals surface area contributed by atoms with Crippen molar-refractivity contribution in [2.45, 2.75) is 70.3 Å². The van der Waals surface area contributed by atoms with Crippen molar-refractivity contribution in [2.24, 2.45) is 29.4 Å². The van der Waals surface area contributed by atoms with Gasteiger partial charge in [-0.25, -0.2) is 0 Å². The van der Waals surface area contributed by atoms with Gasteiger partial charge in [0.25, 0.3) is 0 Å². The van der Waals surface area contributed by atoms with Gasteiger partial charge in [-0.2, -0.15) is 0 Å². The van der Waals surface area contributed by atoms with E-state index in [1.807, 2.05) is 6.92 Å². The highest BCUT2D eigenvalue weighted by molar-refractivity contribution is 6.32. The molecule has 1 saturated heterocycles. The third-order valence-corrected chi connectivity index (χ3v) is 9.54. The number of halogens is 3. The smallest absolute Gasteiger partial charge is 0.505 e. The molecule has 5 rings (SSSR count). The molecule has 47 heavy (non-hydrogen) atoms. The number of amides is 2. The molecular weight excluding hydrogens is 633 g/mol. The second-order valence-corrected chi connectivity index (χ2v) is 12.4. The number of phenolic OH excluding ortho intramolecular Hbond substituents is 1. The number of aliphatic hydroxyl groups is 2.